The topological polar surface area (TPSA) is 9.23 Å². The first-order valence-electron chi connectivity index (χ1n) is 8.26. The van der Waals surface area contributed by atoms with E-state index in [4.69, 9.17) is 4.43 Å². The molecule has 0 saturated heterocycles. The molecule has 1 atom stereocenters. The molecule has 0 heterocycles. The third kappa shape index (κ3) is 4.92. The zero-order chi connectivity index (χ0) is 16.9. The summed E-state index contributed by atoms with van der Waals surface area (Å²) in [5, 5.41) is 0.195. The van der Waals surface area contributed by atoms with Gasteiger partial charge in [-0.2, -0.15) is 0 Å². The van der Waals surface area contributed by atoms with E-state index in [2.05, 4.69) is 94.5 Å². The zero-order valence-electron chi connectivity index (χ0n) is 14.9. The maximum atomic E-state index is 6.66. The lowest BCUT2D eigenvalue weighted by molar-refractivity contribution is 0.230. The Morgan fingerprint density at radius 3 is 1.91 bits per heavy atom. The van der Waals surface area contributed by atoms with E-state index in [9.17, 15) is 0 Å². The Balaban J connectivity index is 2.28. The van der Waals surface area contributed by atoms with Crippen molar-refractivity contribution in [1.29, 1.82) is 0 Å². The summed E-state index contributed by atoms with van der Waals surface area (Å²) in [6.07, 6.45) is 4.34. The van der Waals surface area contributed by atoms with Crippen LogP contribution in [-0.2, 0) is 4.43 Å². The Hall–Kier alpha value is -1.64. The molecule has 0 radical (unpaired) electrons. The van der Waals surface area contributed by atoms with Crippen LogP contribution in [0.3, 0.4) is 0 Å². The van der Waals surface area contributed by atoms with Crippen LogP contribution in [-0.4, -0.2) is 8.32 Å². The minimum atomic E-state index is -1.84. The normalized spacial score (nSPS) is 14.1. The molecule has 0 spiro atoms. The molecule has 0 fully saturated rings. The molecule has 23 heavy (non-hydrogen) atoms. The molecule has 0 bridgehead atoms. The smallest absolute Gasteiger partial charge is 0.193 e. The first-order valence-corrected chi connectivity index (χ1v) is 11.2. The van der Waals surface area contributed by atoms with Crippen LogP contribution in [0, 0.1) is 0 Å². The molecule has 2 rings (SSSR count). The van der Waals surface area contributed by atoms with Crippen LogP contribution >= 0.6 is 0 Å². The summed E-state index contributed by atoms with van der Waals surface area (Å²) >= 11 is 0. The molecule has 0 N–H and O–H groups in total. The van der Waals surface area contributed by atoms with Gasteiger partial charge in [-0.15, -0.1) is 0 Å². The van der Waals surface area contributed by atoms with Gasteiger partial charge in [0.1, 0.15) is 0 Å². The van der Waals surface area contributed by atoms with Gasteiger partial charge in [0.05, 0.1) is 6.10 Å². The van der Waals surface area contributed by atoms with Crippen molar-refractivity contribution in [3.8, 4) is 0 Å². The van der Waals surface area contributed by atoms with Crippen LogP contribution in [0.15, 0.2) is 66.7 Å². The van der Waals surface area contributed by atoms with Crippen LogP contribution in [0.2, 0.25) is 18.1 Å². The van der Waals surface area contributed by atoms with Crippen molar-refractivity contribution in [1.82, 2.24) is 0 Å². The van der Waals surface area contributed by atoms with Crippen molar-refractivity contribution in [2.45, 2.75) is 45.0 Å². The van der Waals surface area contributed by atoms with Crippen molar-refractivity contribution in [3.05, 3.63) is 77.9 Å². The van der Waals surface area contributed by atoms with Crippen molar-refractivity contribution in [2.75, 3.05) is 0 Å². The molecule has 0 aliphatic heterocycles. The minimum absolute atomic E-state index is 0.00250. The number of benzene rings is 2. The van der Waals surface area contributed by atoms with Gasteiger partial charge in [-0.3, -0.25) is 0 Å². The molecule has 0 aliphatic rings. The van der Waals surface area contributed by atoms with Crippen molar-refractivity contribution in [3.63, 3.8) is 0 Å². The fourth-order valence-electron chi connectivity index (χ4n) is 2.12. The lowest BCUT2D eigenvalue weighted by Gasteiger charge is -2.38. The lowest BCUT2D eigenvalue weighted by Crippen LogP contribution is -2.41. The Labute approximate surface area is 142 Å². The highest BCUT2D eigenvalue weighted by Crippen LogP contribution is 2.40. The molecular weight excluding hydrogens is 296 g/mol. The molecule has 0 aromatic heterocycles. The third-order valence-electron chi connectivity index (χ3n) is 4.62. The monoisotopic (exact) mass is 324 g/mol. The SMILES string of the molecule is CC(C)(C)[Si](C)(C)OC(/C=C/c1ccccc1)c1ccccc1. The highest BCUT2D eigenvalue weighted by atomic mass is 28.4. The van der Waals surface area contributed by atoms with Crippen LogP contribution < -0.4 is 0 Å². The first-order chi connectivity index (χ1) is 10.8. The summed E-state index contributed by atoms with van der Waals surface area (Å²) in [4.78, 5) is 0. The Morgan fingerprint density at radius 1 is 0.870 bits per heavy atom. The van der Waals surface area contributed by atoms with Crippen LogP contribution in [0.4, 0.5) is 0 Å². The van der Waals surface area contributed by atoms with Gasteiger partial charge in [0.15, 0.2) is 8.32 Å². The Kier molecular flexibility index (Phi) is 5.61. The highest BCUT2D eigenvalue weighted by molar-refractivity contribution is 6.74. The van der Waals surface area contributed by atoms with Crippen LogP contribution in [0.1, 0.15) is 38.0 Å². The third-order valence-corrected chi connectivity index (χ3v) is 9.07. The second-order valence-electron chi connectivity index (χ2n) is 7.48. The number of rotatable bonds is 5. The fraction of sp³-hybridized carbons (Fsp3) is 0.333. The number of hydrogen-bond acceptors (Lipinski definition) is 1. The first kappa shape index (κ1) is 17.7. The lowest BCUT2D eigenvalue weighted by atomic mass is 10.1. The van der Waals surface area contributed by atoms with Gasteiger partial charge >= 0.3 is 0 Å². The summed E-state index contributed by atoms with van der Waals surface area (Å²) in [5.74, 6) is 0. The quantitative estimate of drug-likeness (QED) is 0.573. The van der Waals surface area contributed by atoms with Gasteiger partial charge in [-0.25, -0.2) is 0 Å². The average Bonchev–Trinajstić information content (AvgIpc) is 2.52. The van der Waals surface area contributed by atoms with E-state index in [0.717, 1.165) is 0 Å². The molecule has 2 aromatic rings. The van der Waals surface area contributed by atoms with Gasteiger partial charge in [0, 0.05) is 0 Å². The minimum Gasteiger partial charge on any atom is -0.407 e. The zero-order valence-corrected chi connectivity index (χ0v) is 15.9. The molecule has 0 aliphatic carbocycles. The standard InChI is InChI=1S/C21H28OSi/c1-21(2,3)23(4,5)22-20(19-14-10-7-11-15-19)17-16-18-12-8-6-9-13-18/h6-17,20H,1-5H3/b17-16+. The average molecular weight is 325 g/mol. The molecule has 1 unspecified atom stereocenters. The Bertz CT molecular complexity index is 624. The second-order valence-corrected chi connectivity index (χ2v) is 12.2. The van der Waals surface area contributed by atoms with E-state index in [1.54, 1.807) is 0 Å². The van der Waals surface area contributed by atoms with Gasteiger partial charge in [0.25, 0.3) is 0 Å². The summed E-state index contributed by atoms with van der Waals surface area (Å²) in [6.45, 7) is 11.4. The summed E-state index contributed by atoms with van der Waals surface area (Å²) in [5.41, 5.74) is 2.41. The number of hydrogen-bond donors (Lipinski definition) is 0. The van der Waals surface area contributed by atoms with Crippen molar-refractivity contribution in [2.24, 2.45) is 0 Å². The molecule has 2 aromatic carbocycles. The summed E-state index contributed by atoms with van der Waals surface area (Å²) < 4.78 is 6.66. The predicted octanol–water partition coefficient (Wildman–Crippen LogP) is 6.46. The largest absolute Gasteiger partial charge is 0.407 e. The van der Waals surface area contributed by atoms with Crippen molar-refractivity contribution >= 4 is 14.4 Å². The predicted molar refractivity (Wildman–Crippen MR) is 103 cm³/mol. The highest BCUT2D eigenvalue weighted by Gasteiger charge is 2.38. The van der Waals surface area contributed by atoms with Gasteiger partial charge < -0.3 is 4.43 Å². The van der Waals surface area contributed by atoms with Crippen LogP contribution in [0.5, 0.6) is 0 Å². The summed E-state index contributed by atoms with van der Waals surface area (Å²) in [6, 6.07) is 20.9. The van der Waals surface area contributed by atoms with Crippen molar-refractivity contribution < 1.29 is 4.43 Å². The van der Waals surface area contributed by atoms with E-state index in [1.165, 1.54) is 11.1 Å². The van der Waals surface area contributed by atoms with E-state index in [1.807, 2.05) is 12.1 Å². The Morgan fingerprint density at radius 2 is 1.39 bits per heavy atom. The van der Waals surface area contributed by atoms with Crippen LogP contribution in [0.25, 0.3) is 6.08 Å². The molecule has 2 heteroatoms. The maximum Gasteiger partial charge on any atom is 0.193 e. The maximum absolute atomic E-state index is 6.66. The molecule has 122 valence electrons. The summed E-state index contributed by atoms with van der Waals surface area (Å²) in [7, 11) is -1.84. The molecular formula is C21H28OSi. The van der Waals surface area contributed by atoms with E-state index >= 15 is 0 Å². The second kappa shape index (κ2) is 7.29. The molecule has 1 nitrogen and oxygen atoms in total. The molecule has 0 amide bonds. The van der Waals surface area contributed by atoms with E-state index in [-0.39, 0.29) is 11.1 Å². The molecule has 0 saturated carbocycles. The van der Waals surface area contributed by atoms with Gasteiger partial charge in [-0.05, 0) is 29.3 Å². The van der Waals surface area contributed by atoms with E-state index < -0.39 is 8.32 Å². The van der Waals surface area contributed by atoms with Gasteiger partial charge in [0.2, 0.25) is 0 Å². The van der Waals surface area contributed by atoms with E-state index in [0.29, 0.717) is 0 Å². The van der Waals surface area contributed by atoms with Gasteiger partial charge in [-0.1, -0.05) is 93.6 Å². The fourth-order valence-corrected chi connectivity index (χ4v) is 3.32.